The van der Waals surface area contributed by atoms with Gasteiger partial charge in [0, 0.05) is 11.6 Å². The zero-order valence-corrected chi connectivity index (χ0v) is 13.1. The van der Waals surface area contributed by atoms with Crippen LogP contribution in [0, 0.1) is 0 Å². The van der Waals surface area contributed by atoms with Crippen molar-refractivity contribution in [3.63, 3.8) is 0 Å². The van der Waals surface area contributed by atoms with Crippen molar-refractivity contribution in [3.05, 3.63) is 70.2 Å². The van der Waals surface area contributed by atoms with Crippen molar-refractivity contribution in [1.29, 1.82) is 0 Å². The van der Waals surface area contributed by atoms with Gasteiger partial charge in [-0.25, -0.2) is 4.79 Å². The van der Waals surface area contributed by atoms with E-state index in [4.69, 9.17) is 11.6 Å². The number of hydrogen-bond donors (Lipinski definition) is 2. The Morgan fingerprint density at radius 1 is 1.14 bits per heavy atom. The highest BCUT2D eigenvalue weighted by Gasteiger charge is 2.21. The van der Waals surface area contributed by atoms with Gasteiger partial charge in [-0.05, 0) is 48.1 Å². The third kappa shape index (κ3) is 3.60. The van der Waals surface area contributed by atoms with Crippen LogP contribution in [-0.2, 0) is 13.0 Å². The summed E-state index contributed by atoms with van der Waals surface area (Å²) in [4.78, 5) is 12.1. The van der Waals surface area contributed by atoms with Crippen molar-refractivity contribution in [3.8, 4) is 0 Å². The van der Waals surface area contributed by atoms with E-state index in [1.807, 2.05) is 30.3 Å². The molecule has 114 valence electrons. The van der Waals surface area contributed by atoms with E-state index in [9.17, 15) is 4.79 Å². The van der Waals surface area contributed by atoms with Crippen molar-refractivity contribution in [2.24, 2.45) is 0 Å². The fraction of sp³-hybridized carbons (Fsp3) is 0.278. The number of urea groups is 1. The zero-order chi connectivity index (χ0) is 15.4. The number of hydrogen-bond acceptors (Lipinski definition) is 1. The number of aryl methyl sites for hydroxylation is 1. The molecule has 0 heterocycles. The molecule has 0 aromatic heterocycles. The summed E-state index contributed by atoms with van der Waals surface area (Å²) in [5.74, 6) is 0. The van der Waals surface area contributed by atoms with Crippen LogP contribution in [0.3, 0.4) is 0 Å². The average Bonchev–Trinajstić information content (AvgIpc) is 2.55. The first-order chi connectivity index (χ1) is 10.7. The predicted molar refractivity (Wildman–Crippen MR) is 88.9 cm³/mol. The molecule has 22 heavy (non-hydrogen) atoms. The van der Waals surface area contributed by atoms with Crippen LogP contribution in [0.2, 0.25) is 5.02 Å². The lowest BCUT2D eigenvalue weighted by molar-refractivity contribution is 0.235. The molecule has 3 nitrogen and oxygen atoms in total. The van der Waals surface area contributed by atoms with Crippen molar-refractivity contribution >= 4 is 17.6 Å². The maximum absolute atomic E-state index is 12.1. The molecule has 0 radical (unpaired) electrons. The first-order valence-corrected chi connectivity index (χ1v) is 7.97. The van der Waals surface area contributed by atoms with Gasteiger partial charge in [0.1, 0.15) is 0 Å². The standard InChI is InChI=1S/C18H19ClN2O/c19-15-10-8-13(9-11-15)12-20-18(22)21-17-7-3-5-14-4-1-2-6-16(14)17/h1-2,4,6,8-11,17H,3,5,7,12H2,(H2,20,21,22). The average molecular weight is 315 g/mol. The SMILES string of the molecule is O=C(NCc1ccc(Cl)cc1)NC1CCCc2ccccc21. The maximum Gasteiger partial charge on any atom is 0.315 e. The van der Waals surface area contributed by atoms with Gasteiger partial charge in [0.15, 0.2) is 0 Å². The lowest BCUT2D eigenvalue weighted by atomic mass is 9.88. The number of halogens is 1. The van der Waals surface area contributed by atoms with Crippen LogP contribution in [0.15, 0.2) is 48.5 Å². The van der Waals surface area contributed by atoms with E-state index in [0.717, 1.165) is 24.8 Å². The van der Waals surface area contributed by atoms with Gasteiger partial charge in [0.2, 0.25) is 0 Å². The van der Waals surface area contributed by atoms with Gasteiger partial charge in [-0.2, -0.15) is 0 Å². The van der Waals surface area contributed by atoms with Gasteiger partial charge in [-0.1, -0.05) is 48.0 Å². The van der Waals surface area contributed by atoms with Gasteiger partial charge in [-0.3, -0.25) is 0 Å². The van der Waals surface area contributed by atoms with Gasteiger partial charge >= 0.3 is 6.03 Å². The summed E-state index contributed by atoms with van der Waals surface area (Å²) in [5.41, 5.74) is 3.62. The number of benzene rings is 2. The Hall–Kier alpha value is -2.00. The number of fused-ring (bicyclic) bond motifs is 1. The molecule has 2 N–H and O–H groups in total. The minimum absolute atomic E-state index is 0.107. The number of nitrogens with one attached hydrogen (secondary N) is 2. The van der Waals surface area contributed by atoms with E-state index in [1.165, 1.54) is 11.1 Å². The first-order valence-electron chi connectivity index (χ1n) is 7.59. The molecule has 1 aliphatic carbocycles. The van der Waals surface area contributed by atoms with E-state index in [-0.39, 0.29) is 12.1 Å². The van der Waals surface area contributed by atoms with Crippen LogP contribution in [0.5, 0.6) is 0 Å². The second-order valence-electron chi connectivity index (χ2n) is 5.60. The smallest absolute Gasteiger partial charge is 0.315 e. The molecule has 2 aromatic rings. The second-order valence-corrected chi connectivity index (χ2v) is 6.03. The predicted octanol–water partition coefficient (Wildman–Crippen LogP) is 4.22. The number of rotatable bonds is 3. The zero-order valence-electron chi connectivity index (χ0n) is 12.3. The van der Waals surface area contributed by atoms with Gasteiger partial charge in [0.05, 0.1) is 6.04 Å². The molecule has 0 fully saturated rings. The number of carbonyl (C=O) groups excluding carboxylic acids is 1. The van der Waals surface area contributed by atoms with Crippen molar-refractivity contribution in [2.45, 2.75) is 31.8 Å². The molecule has 4 heteroatoms. The van der Waals surface area contributed by atoms with E-state index < -0.39 is 0 Å². The van der Waals surface area contributed by atoms with Crippen LogP contribution in [-0.4, -0.2) is 6.03 Å². The molecule has 2 amide bonds. The Morgan fingerprint density at radius 3 is 2.73 bits per heavy atom. The summed E-state index contributed by atoms with van der Waals surface area (Å²) in [6.45, 7) is 0.497. The Bertz CT molecular complexity index is 654. The highest BCUT2D eigenvalue weighted by molar-refractivity contribution is 6.30. The number of carbonyl (C=O) groups is 1. The van der Waals surface area contributed by atoms with E-state index in [1.54, 1.807) is 0 Å². The molecule has 1 atom stereocenters. The minimum Gasteiger partial charge on any atom is -0.334 e. The molecular weight excluding hydrogens is 296 g/mol. The molecular formula is C18H19ClN2O. The summed E-state index contributed by atoms with van der Waals surface area (Å²) < 4.78 is 0. The van der Waals surface area contributed by atoms with Gasteiger partial charge in [-0.15, -0.1) is 0 Å². The van der Waals surface area contributed by atoms with Crippen LogP contribution in [0.1, 0.15) is 35.6 Å². The van der Waals surface area contributed by atoms with Crippen LogP contribution in [0.25, 0.3) is 0 Å². The molecule has 1 aliphatic rings. The second kappa shape index (κ2) is 6.84. The summed E-state index contributed by atoms with van der Waals surface area (Å²) in [5, 5.41) is 6.68. The molecule has 0 bridgehead atoms. The normalized spacial score (nSPS) is 16.7. The van der Waals surface area contributed by atoms with Crippen molar-refractivity contribution < 1.29 is 4.79 Å². The van der Waals surface area contributed by atoms with Gasteiger partial charge < -0.3 is 10.6 Å². The largest absolute Gasteiger partial charge is 0.334 e. The molecule has 0 aliphatic heterocycles. The fourth-order valence-electron chi connectivity index (χ4n) is 2.90. The molecule has 3 rings (SSSR count). The molecule has 0 saturated carbocycles. The fourth-order valence-corrected chi connectivity index (χ4v) is 3.02. The third-order valence-electron chi connectivity index (χ3n) is 4.04. The molecule has 0 saturated heterocycles. The molecule has 2 aromatic carbocycles. The molecule has 1 unspecified atom stereocenters. The number of amides is 2. The van der Waals surface area contributed by atoms with Crippen molar-refractivity contribution in [1.82, 2.24) is 10.6 Å². The summed E-state index contributed by atoms with van der Waals surface area (Å²) in [6.07, 6.45) is 3.20. The minimum atomic E-state index is -0.128. The van der Waals surface area contributed by atoms with E-state index >= 15 is 0 Å². The topological polar surface area (TPSA) is 41.1 Å². The Morgan fingerprint density at radius 2 is 1.91 bits per heavy atom. The lowest BCUT2D eigenvalue weighted by Crippen LogP contribution is -2.38. The monoisotopic (exact) mass is 314 g/mol. The Labute approximate surface area is 135 Å². The highest BCUT2D eigenvalue weighted by Crippen LogP contribution is 2.29. The summed E-state index contributed by atoms with van der Waals surface area (Å²) >= 11 is 5.85. The van der Waals surface area contributed by atoms with E-state index in [0.29, 0.717) is 11.6 Å². The Balaban J connectivity index is 1.57. The third-order valence-corrected chi connectivity index (χ3v) is 4.29. The highest BCUT2D eigenvalue weighted by atomic mass is 35.5. The first kappa shape index (κ1) is 14.9. The Kier molecular flexibility index (Phi) is 4.64. The van der Waals surface area contributed by atoms with Crippen LogP contribution >= 0.6 is 11.6 Å². The maximum atomic E-state index is 12.1. The van der Waals surface area contributed by atoms with Crippen molar-refractivity contribution in [2.75, 3.05) is 0 Å². The van der Waals surface area contributed by atoms with Gasteiger partial charge in [0.25, 0.3) is 0 Å². The quantitative estimate of drug-likeness (QED) is 0.875. The summed E-state index contributed by atoms with van der Waals surface area (Å²) in [7, 11) is 0. The lowest BCUT2D eigenvalue weighted by Gasteiger charge is -2.26. The summed E-state index contributed by atoms with van der Waals surface area (Å²) in [6, 6.07) is 15.8. The van der Waals surface area contributed by atoms with Crippen LogP contribution < -0.4 is 10.6 Å². The van der Waals surface area contributed by atoms with Crippen LogP contribution in [0.4, 0.5) is 4.79 Å². The van der Waals surface area contributed by atoms with E-state index in [2.05, 4.69) is 28.8 Å². The molecule has 0 spiro atoms.